The van der Waals surface area contributed by atoms with Gasteiger partial charge in [-0.3, -0.25) is 14.5 Å². The van der Waals surface area contributed by atoms with Crippen LogP contribution < -0.4 is 5.32 Å². The van der Waals surface area contributed by atoms with Gasteiger partial charge in [0.1, 0.15) is 6.26 Å². The van der Waals surface area contributed by atoms with Crippen LogP contribution in [0.15, 0.2) is 47.3 Å². The van der Waals surface area contributed by atoms with Crippen molar-refractivity contribution in [3.05, 3.63) is 59.0 Å². The van der Waals surface area contributed by atoms with Crippen molar-refractivity contribution in [1.82, 2.24) is 15.1 Å². The maximum Gasteiger partial charge on any atom is 0.254 e. The average molecular weight is 362 g/mol. The Morgan fingerprint density at radius 3 is 2.64 bits per heavy atom. The smallest absolute Gasteiger partial charge is 0.254 e. The number of piperazine rings is 1. The number of carbonyl (C=O) groups excluding carboxylic acids is 2. The molecule has 3 rings (SSSR count). The Bertz CT molecular complexity index is 725. The summed E-state index contributed by atoms with van der Waals surface area (Å²) in [7, 11) is 0. The number of nitrogens with one attached hydrogen (secondary N) is 1. The summed E-state index contributed by atoms with van der Waals surface area (Å²) in [5.41, 5.74) is 1.58. The Morgan fingerprint density at radius 2 is 1.96 bits per heavy atom. The molecule has 0 aliphatic carbocycles. The number of furan rings is 1. The molecule has 2 aromatic rings. The lowest BCUT2D eigenvalue weighted by Crippen LogP contribution is -2.50. The van der Waals surface area contributed by atoms with Crippen molar-refractivity contribution in [3.63, 3.8) is 0 Å². The van der Waals surface area contributed by atoms with Crippen molar-refractivity contribution in [1.29, 1.82) is 0 Å². The van der Waals surface area contributed by atoms with Crippen LogP contribution in [-0.2, 0) is 11.3 Å². The topological polar surface area (TPSA) is 65.8 Å². The summed E-state index contributed by atoms with van der Waals surface area (Å²) in [6, 6.07) is 9.38. The minimum absolute atomic E-state index is 0.00168. The van der Waals surface area contributed by atoms with Crippen LogP contribution in [0.1, 0.15) is 15.9 Å². The zero-order valence-electron chi connectivity index (χ0n) is 13.8. The summed E-state index contributed by atoms with van der Waals surface area (Å²) in [5.74, 6) is -0.374. The predicted octanol–water partition coefficient (Wildman–Crippen LogP) is 2.01. The molecule has 25 heavy (non-hydrogen) atoms. The quantitative estimate of drug-likeness (QED) is 0.884. The monoisotopic (exact) mass is 361 g/mol. The molecule has 0 saturated carbocycles. The molecule has 1 aliphatic rings. The zero-order chi connectivity index (χ0) is 17.6. The molecular formula is C18H20ClN3O3. The van der Waals surface area contributed by atoms with Crippen molar-refractivity contribution < 1.29 is 14.0 Å². The lowest BCUT2D eigenvalue weighted by Gasteiger charge is -2.34. The number of benzene rings is 1. The van der Waals surface area contributed by atoms with Gasteiger partial charge in [0.15, 0.2) is 0 Å². The Kier molecular flexibility index (Phi) is 5.73. The van der Waals surface area contributed by atoms with Crippen LogP contribution in [0, 0.1) is 0 Å². The predicted molar refractivity (Wildman–Crippen MR) is 94.4 cm³/mol. The Morgan fingerprint density at radius 1 is 1.16 bits per heavy atom. The molecule has 1 fully saturated rings. The van der Waals surface area contributed by atoms with E-state index in [0.29, 0.717) is 18.7 Å². The summed E-state index contributed by atoms with van der Waals surface area (Å²) >= 11 is 6.01. The fraction of sp³-hybridized carbons (Fsp3) is 0.333. The highest BCUT2D eigenvalue weighted by atomic mass is 35.5. The number of hydrogen-bond acceptors (Lipinski definition) is 4. The van der Waals surface area contributed by atoms with Crippen LogP contribution in [0.2, 0.25) is 5.02 Å². The van der Waals surface area contributed by atoms with E-state index in [1.807, 2.05) is 18.2 Å². The van der Waals surface area contributed by atoms with Crippen LogP contribution >= 0.6 is 11.6 Å². The van der Waals surface area contributed by atoms with Crippen LogP contribution in [0.3, 0.4) is 0 Å². The molecule has 0 spiro atoms. The number of halogens is 1. The summed E-state index contributed by atoms with van der Waals surface area (Å²) < 4.78 is 4.86. The van der Waals surface area contributed by atoms with Crippen molar-refractivity contribution in [3.8, 4) is 0 Å². The second-order valence-electron chi connectivity index (χ2n) is 5.98. The van der Waals surface area contributed by atoms with E-state index in [2.05, 4.69) is 16.3 Å². The maximum absolute atomic E-state index is 12.2. The SMILES string of the molecule is O=C(NCC(=O)N1CCN(Cc2cccc(Cl)c2)CC1)c1ccoc1. The Labute approximate surface area is 151 Å². The summed E-state index contributed by atoms with van der Waals surface area (Å²) in [6.45, 7) is 3.72. The Hall–Kier alpha value is -2.31. The molecule has 1 N–H and O–H groups in total. The summed E-state index contributed by atoms with van der Waals surface area (Å²) in [4.78, 5) is 28.1. The van der Waals surface area contributed by atoms with Crippen molar-refractivity contribution in [2.45, 2.75) is 6.54 Å². The van der Waals surface area contributed by atoms with Gasteiger partial charge in [0.25, 0.3) is 5.91 Å². The van der Waals surface area contributed by atoms with E-state index in [-0.39, 0.29) is 18.4 Å². The van der Waals surface area contributed by atoms with E-state index in [0.717, 1.165) is 24.7 Å². The fourth-order valence-corrected chi connectivity index (χ4v) is 3.03. The minimum Gasteiger partial charge on any atom is -0.472 e. The van der Waals surface area contributed by atoms with E-state index in [1.165, 1.54) is 18.1 Å². The third-order valence-corrected chi connectivity index (χ3v) is 4.44. The zero-order valence-corrected chi connectivity index (χ0v) is 14.5. The second-order valence-corrected chi connectivity index (χ2v) is 6.42. The molecule has 2 amide bonds. The molecule has 1 aliphatic heterocycles. The highest BCUT2D eigenvalue weighted by Crippen LogP contribution is 2.14. The fourth-order valence-electron chi connectivity index (χ4n) is 2.81. The third kappa shape index (κ3) is 4.84. The van der Waals surface area contributed by atoms with Crippen LogP contribution in [0.25, 0.3) is 0 Å². The molecule has 1 aromatic heterocycles. The molecular weight excluding hydrogens is 342 g/mol. The van der Waals surface area contributed by atoms with Gasteiger partial charge in [-0.15, -0.1) is 0 Å². The Balaban J connectivity index is 1.42. The molecule has 132 valence electrons. The van der Waals surface area contributed by atoms with Gasteiger partial charge in [-0.05, 0) is 23.8 Å². The van der Waals surface area contributed by atoms with Gasteiger partial charge in [0.05, 0.1) is 18.4 Å². The second kappa shape index (κ2) is 8.18. The van der Waals surface area contributed by atoms with Crippen LogP contribution in [-0.4, -0.2) is 54.3 Å². The lowest BCUT2D eigenvalue weighted by atomic mass is 10.2. The number of rotatable bonds is 5. The maximum atomic E-state index is 12.2. The first kappa shape index (κ1) is 17.5. The van der Waals surface area contributed by atoms with Gasteiger partial charge in [-0.1, -0.05) is 23.7 Å². The molecule has 6 nitrogen and oxygen atoms in total. The van der Waals surface area contributed by atoms with Crippen molar-refractivity contribution >= 4 is 23.4 Å². The molecule has 1 aromatic carbocycles. The van der Waals surface area contributed by atoms with Gasteiger partial charge in [0.2, 0.25) is 5.91 Å². The van der Waals surface area contributed by atoms with Crippen molar-refractivity contribution in [2.75, 3.05) is 32.7 Å². The van der Waals surface area contributed by atoms with Gasteiger partial charge >= 0.3 is 0 Å². The highest BCUT2D eigenvalue weighted by Gasteiger charge is 2.21. The van der Waals surface area contributed by atoms with E-state index < -0.39 is 0 Å². The molecule has 0 atom stereocenters. The van der Waals surface area contributed by atoms with E-state index in [1.54, 1.807) is 11.0 Å². The van der Waals surface area contributed by atoms with Crippen LogP contribution in [0.5, 0.6) is 0 Å². The first-order valence-electron chi connectivity index (χ1n) is 8.17. The normalized spacial score (nSPS) is 15.2. The molecule has 0 radical (unpaired) electrons. The van der Waals surface area contributed by atoms with Gasteiger partial charge in [0, 0.05) is 37.7 Å². The van der Waals surface area contributed by atoms with E-state index in [4.69, 9.17) is 16.0 Å². The number of nitrogens with zero attached hydrogens (tertiary/aromatic N) is 2. The summed E-state index contributed by atoms with van der Waals surface area (Å²) in [6.07, 6.45) is 2.78. The molecule has 0 unspecified atom stereocenters. The average Bonchev–Trinajstić information content (AvgIpc) is 3.15. The van der Waals surface area contributed by atoms with E-state index >= 15 is 0 Å². The summed E-state index contributed by atoms with van der Waals surface area (Å²) in [5, 5.41) is 3.36. The van der Waals surface area contributed by atoms with Crippen molar-refractivity contribution in [2.24, 2.45) is 0 Å². The first-order chi connectivity index (χ1) is 12.1. The van der Waals surface area contributed by atoms with Gasteiger partial charge in [-0.25, -0.2) is 0 Å². The first-order valence-corrected chi connectivity index (χ1v) is 8.54. The number of hydrogen-bond donors (Lipinski definition) is 1. The molecule has 7 heteroatoms. The molecule has 2 heterocycles. The largest absolute Gasteiger partial charge is 0.472 e. The minimum atomic E-state index is -0.304. The molecule has 0 bridgehead atoms. The highest BCUT2D eigenvalue weighted by molar-refractivity contribution is 6.30. The lowest BCUT2D eigenvalue weighted by molar-refractivity contribution is -0.131. The number of amides is 2. The van der Waals surface area contributed by atoms with E-state index in [9.17, 15) is 9.59 Å². The van der Waals surface area contributed by atoms with Gasteiger partial charge in [-0.2, -0.15) is 0 Å². The van der Waals surface area contributed by atoms with Gasteiger partial charge < -0.3 is 14.6 Å². The molecule has 1 saturated heterocycles. The third-order valence-electron chi connectivity index (χ3n) is 4.20. The van der Waals surface area contributed by atoms with Crippen LogP contribution in [0.4, 0.5) is 0 Å². The standard InChI is InChI=1S/C18H20ClN3O3/c19-16-3-1-2-14(10-16)12-21-5-7-22(8-6-21)17(23)11-20-18(24)15-4-9-25-13-15/h1-4,9-10,13H,5-8,11-12H2,(H,20,24). The number of carbonyl (C=O) groups is 2.